The molecule has 3 aromatic rings. The van der Waals surface area contributed by atoms with E-state index in [1.165, 1.54) is 13.3 Å². The lowest BCUT2D eigenvalue weighted by Gasteiger charge is -2.18. The SMILES string of the molecule is COC(=O)[C@@H](CC/C(=C\NC(=O)c1ccccc1)NC(=O)c1ccccc1)NC(=O)c1ccccc1. The van der Waals surface area contributed by atoms with E-state index >= 15 is 0 Å². The first kappa shape index (κ1) is 25.9. The zero-order valence-electron chi connectivity index (χ0n) is 19.8. The van der Waals surface area contributed by atoms with Crippen molar-refractivity contribution in [2.45, 2.75) is 18.9 Å². The van der Waals surface area contributed by atoms with E-state index < -0.39 is 17.9 Å². The third kappa shape index (κ3) is 7.66. The molecule has 8 heteroatoms. The van der Waals surface area contributed by atoms with Crippen LogP contribution < -0.4 is 16.0 Å². The quantitative estimate of drug-likeness (QED) is 0.381. The summed E-state index contributed by atoms with van der Waals surface area (Å²) in [7, 11) is 1.23. The smallest absolute Gasteiger partial charge is 0.328 e. The minimum Gasteiger partial charge on any atom is -0.467 e. The van der Waals surface area contributed by atoms with E-state index in [0.29, 0.717) is 22.4 Å². The van der Waals surface area contributed by atoms with Crippen LogP contribution in [0, 0.1) is 0 Å². The Morgan fingerprint density at radius 2 is 1.19 bits per heavy atom. The number of amides is 3. The van der Waals surface area contributed by atoms with E-state index in [9.17, 15) is 19.2 Å². The minimum atomic E-state index is -0.968. The van der Waals surface area contributed by atoms with Crippen LogP contribution in [0.2, 0.25) is 0 Å². The number of rotatable bonds is 10. The van der Waals surface area contributed by atoms with Crippen molar-refractivity contribution in [3.8, 4) is 0 Å². The van der Waals surface area contributed by atoms with Crippen molar-refractivity contribution < 1.29 is 23.9 Å². The normalized spacial score (nSPS) is 11.6. The van der Waals surface area contributed by atoms with E-state index in [2.05, 4.69) is 16.0 Å². The van der Waals surface area contributed by atoms with Crippen molar-refractivity contribution in [2.75, 3.05) is 7.11 Å². The van der Waals surface area contributed by atoms with Gasteiger partial charge in [0, 0.05) is 28.6 Å². The Labute approximate surface area is 209 Å². The number of allylic oxidation sites excluding steroid dienone is 1. The van der Waals surface area contributed by atoms with Gasteiger partial charge in [-0.1, -0.05) is 54.6 Å². The van der Waals surface area contributed by atoms with Gasteiger partial charge in [-0.25, -0.2) is 4.79 Å². The molecule has 36 heavy (non-hydrogen) atoms. The van der Waals surface area contributed by atoms with E-state index in [1.54, 1.807) is 91.0 Å². The zero-order chi connectivity index (χ0) is 25.8. The third-order valence-corrected chi connectivity index (χ3v) is 5.25. The lowest BCUT2D eigenvalue weighted by Crippen LogP contribution is -2.42. The number of esters is 1. The van der Waals surface area contributed by atoms with Gasteiger partial charge in [-0.2, -0.15) is 0 Å². The van der Waals surface area contributed by atoms with Gasteiger partial charge in [0.25, 0.3) is 17.7 Å². The second-order valence-corrected chi connectivity index (χ2v) is 7.78. The Kier molecular flexibility index (Phi) is 9.52. The zero-order valence-corrected chi connectivity index (χ0v) is 19.8. The van der Waals surface area contributed by atoms with Gasteiger partial charge < -0.3 is 20.7 Å². The van der Waals surface area contributed by atoms with Crippen LogP contribution in [0.1, 0.15) is 43.9 Å². The first-order chi connectivity index (χ1) is 17.5. The van der Waals surface area contributed by atoms with Crippen molar-refractivity contribution in [1.29, 1.82) is 0 Å². The molecule has 0 spiro atoms. The Morgan fingerprint density at radius 3 is 1.69 bits per heavy atom. The molecular formula is C28H27N3O5. The standard InChI is InChI=1S/C28H27N3O5/c1-36-28(35)24(31-27(34)22-15-9-4-10-16-22)18-17-23(30-26(33)21-13-7-3-8-14-21)19-29-25(32)20-11-5-2-6-12-20/h2-16,19,24H,17-18H2,1H3,(H,29,32)(H,30,33)(H,31,34)/b23-19+/t24-/m1/s1. The van der Waals surface area contributed by atoms with Crippen LogP contribution >= 0.6 is 0 Å². The van der Waals surface area contributed by atoms with Crippen LogP contribution in [-0.4, -0.2) is 36.8 Å². The molecule has 0 fully saturated rings. The minimum absolute atomic E-state index is 0.118. The highest BCUT2D eigenvalue weighted by Crippen LogP contribution is 2.10. The van der Waals surface area contributed by atoms with Crippen LogP contribution in [0.25, 0.3) is 0 Å². The van der Waals surface area contributed by atoms with Gasteiger partial charge in [0.15, 0.2) is 0 Å². The Morgan fingerprint density at radius 1 is 0.722 bits per heavy atom. The van der Waals surface area contributed by atoms with Crippen LogP contribution in [0.15, 0.2) is 103 Å². The lowest BCUT2D eigenvalue weighted by molar-refractivity contribution is -0.143. The summed E-state index contributed by atoms with van der Waals surface area (Å²) in [5.41, 5.74) is 1.63. The maximum absolute atomic E-state index is 12.7. The second kappa shape index (κ2) is 13.2. The molecule has 0 aliphatic rings. The van der Waals surface area contributed by atoms with Crippen LogP contribution in [0.5, 0.6) is 0 Å². The molecule has 8 nitrogen and oxygen atoms in total. The maximum Gasteiger partial charge on any atom is 0.328 e. The van der Waals surface area contributed by atoms with Crippen LogP contribution in [0.3, 0.4) is 0 Å². The number of methoxy groups -OCH3 is 1. The highest BCUT2D eigenvalue weighted by Gasteiger charge is 2.23. The first-order valence-corrected chi connectivity index (χ1v) is 11.3. The van der Waals surface area contributed by atoms with Gasteiger partial charge in [0.05, 0.1) is 7.11 Å². The average Bonchev–Trinajstić information content (AvgIpc) is 2.94. The number of hydrogen-bond donors (Lipinski definition) is 3. The van der Waals surface area contributed by atoms with Gasteiger partial charge in [-0.3, -0.25) is 14.4 Å². The van der Waals surface area contributed by atoms with E-state index in [4.69, 9.17) is 4.74 Å². The predicted octanol–water partition coefficient (Wildman–Crippen LogP) is 3.44. The Bertz CT molecular complexity index is 1210. The fourth-order valence-electron chi connectivity index (χ4n) is 3.33. The van der Waals surface area contributed by atoms with Gasteiger partial charge in [0.2, 0.25) is 0 Å². The highest BCUT2D eigenvalue weighted by atomic mass is 16.5. The van der Waals surface area contributed by atoms with Crippen molar-refractivity contribution >= 4 is 23.7 Å². The molecule has 0 saturated carbocycles. The summed E-state index contributed by atoms with van der Waals surface area (Å²) >= 11 is 0. The molecular weight excluding hydrogens is 458 g/mol. The van der Waals surface area contributed by atoms with Gasteiger partial charge in [-0.15, -0.1) is 0 Å². The number of carbonyl (C=O) groups is 4. The third-order valence-electron chi connectivity index (χ3n) is 5.25. The van der Waals surface area contributed by atoms with Crippen LogP contribution in [-0.2, 0) is 9.53 Å². The van der Waals surface area contributed by atoms with Gasteiger partial charge >= 0.3 is 5.97 Å². The monoisotopic (exact) mass is 485 g/mol. The molecule has 3 N–H and O–H groups in total. The molecule has 0 bridgehead atoms. The number of nitrogens with one attached hydrogen (secondary N) is 3. The molecule has 0 heterocycles. The molecule has 184 valence electrons. The molecule has 3 rings (SSSR count). The van der Waals surface area contributed by atoms with E-state index in [1.807, 2.05) is 0 Å². The Balaban J connectivity index is 1.75. The van der Waals surface area contributed by atoms with Crippen molar-refractivity contribution in [3.05, 3.63) is 120 Å². The number of ether oxygens (including phenoxy) is 1. The predicted molar refractivity (Wildman–Crippen MR) is 135 cm³/mol. The number of benzene rings is 3. The van der Waals surface area contributed by atoms with Crippen molar-refractivity contribution in [1.82, 2.24) is 16.0 Å². The fourth-order valence-corrected chi connectivity index (χ4v) is 3.33. The van der Waals surface area contributed by atoms with E-state index in [-0.39, 0.29) is 24.7 Å². The lowest BCUT2D eigenvalue weighted by atomic mass is 10.1. The fraction of sp³-hybridized carbons (Fsp3) is 0.143. The molecule has 0 aliphatic heterocycles. The Hall–Kier alpha value is -4.72. The molecule has 3 aromatic carbocycles. The summed E-state index contributed by atoms with van der Waals surface area (Å²) in [6, 6.07) is 24.7. The summed E-state index contributed by atoms with van der Waals surface area (Å²) in [5, 5.41) is 8.12. The maximum atomic E-state index is 12.7. The number of hydrogen-bond acceptors (Lipinski definition) is 5. The largest absolute Gasteiger partial charge is 0.467 e. The topological polar surface area (TPSA) is 114 Å². The molecule has 0 aromatic heterocycles. The van der Waals surface area contributed by atoms with E-state index in [0.717, 1.165) is 0 Å². The molecule has 0 radical (unpaired) electrons. The summed E-state index contributed by atoms with van der Waals surface area (Å²) in [5.74, 6) is -1.79. The molecule has 0 aliphatic carbocycles. The number of carbonyl (C=O) groups excluding carboxylic acids is 4. The van der Waals surface area contributed by atoms with Crippen LogP contribution in [0.4, 0.5) is 0 Å². The highest BCUT2D eigenvalue weighted by molar-refractivity contribution is 5.97. The summed E-state index contributed by atoms with van der Waals surface area (Å²) in [6.45, 7) is 0. The summed E-state index contributed by atoms with van der Waals surface area (Å²) in [6.07, 6.45) is 1.67. The molecule has 0 unspecified atom stereocenters. The summed E-state index contributed by atoms with van der Waals surface area (Å²) < 4.78 is 4.86. The summed E-state index contributed by atoms with van der Waals surface area (Å²) in [4.78, 5) is 50.2. The van der Waals surface area contributed by atoms with Crippen molar-refractivity contribution in [3.63, 3.8) is 0 Å². The van der Waals surface area contributed by atoms with Crippen molar-refractivity contribution in [2.24, 2.45) is 0 Å². The molecule has 3 amide bonds. The van der Waals surface area contributed by atoms with Gasteiger partial charge in [0.1, 0.15) is 6.04 Å². The second-order valence-electron chi connectivity index (χ2n) is 7.78. The first-order valence-electron chi connectivity index (χ1n) is 11.3. The molecule has 1 atom stereocenters. The van der Waals surface area contributed by atoms with Gasteiger partial charge in [-0.05, 0) is 49.2 Å². The molecule has 0 saturated heterocycles. The average molecular weight is 486 g/mol.